The fourth-order valence-corrected chi connectivity index (χ4v) is 3.09. The number of fused-ring (bicyclic) bond motifs is 3. The Hall–Kier alpha value is -2.50. The number of rotatable bonds is 3. The zero-order valence-electron chi connectivity index (χ0n) is 14.3. The number of aromatic nitrogens is 1. The van der Waals surface area contributed by atoms with Crippen molar-refractivity contribution >= 4 is 22.9 Å². The van der Waals surface area contributed by atoms with E-state index in [-0.39, 0.29) is 72.7 Å². The average molecular weight is 474 g/mol. The number of hydrogen-bond donors (Lipinski definition) is 2. The molecule has 3 rings (SSSR count). The summed E-state index contributed by atoms with van der Waals surface area (Å²) in [6.07, 6.45) is 0.368. The largest absolute Gasteiger partial charge is 0.444 e. The summed E-state index contributed by atoms with van der Waals surface area (Å²) in [4.78, 5) is 24.0. The predicted octanol–water partition coefficient (Wildman–Crippen LogP) is 8.18. The number of nitrogens with one attached hydrogen (secondary N) is 2. The Morgan fingerprint density at radius 1 is 1.00 bits per heavy atom. The van der Waals surface area contributed by atoms with Crippen LogP contribution in [0.3, 0.4) is 0 Å². The van der Waals surface area contributed by atoms with Crippen LogP contribution in [0.1, 0.15) is 104 Å². The van der Waals surface area contributed by atoms with Crippen molar-refractivity contribution in [1.82, 2.24) is 15.2 Å². The molecule has 0 fully saturated rings. The highest BCUT2D eigenvalue weighted by Crippen LogP contribution is 2.28. The van der Waals surface area contributed by atoms with Crippen LogP contribution in [0, 0.1) is 0 Å². The Labute approximate surface area is 207 Å². The predicted molar refractivity (Wildman–Crippen MR) is 153 cm³/mol. The van der Waals surface area contributed by atoms with Gasteiger partial charge in [0, 0.05) is 42.7 Å². The monoisotopic (exact) mass is 473 g/mol. The molecule has 1 aliphatic rings. The van der Waals surface area contributed by atoms with Gasteiger partial charge in [-0.1, -0.05) is 85.0 Å². The van der Waals surface area contributed by atoms with E-state index in [9.17, 15) is 9.59 Å². The van der Waals surface area contributed by atoms with Gasteiger partial charge in [0.05, 0.1) is 5.56 Å². The highest BCUT2D eigenvalue weighted by molar-refractivity contribution is 6.09. The molecule has 0 bridgehead atoms. The van der Waals surface area contributed by atoms with Gasteiger partial charge >= 0.3 is 6.09 Å². The van der Waals surface area contributed by atoms with Gasteiger partial charge in [-0.15, -0.1) is 0 Å². The lowest BCUT2D eigenvalue weighted by molar-refractivity contribution is 0.0525. The van der Waals surface area contributed by atoms with Crippen LogP contribution in [0.5, 0.6) is 0 Å². The van der Waals surface area contributed by atoms with Gasteiger partial charge in [0.15, 0.2) is 0 Å². The van der Waals surface area contributed by atoms with Gasteiger partial charge in [-0.3, -0.25) is 4.79 Å². The third-order valence-corrected chi connectivity index (χ3v) is 3.96. The van der Waals surface area contributed by atoms with Crippen molar-refractivity contribution < 1.29 is 14.3 Å². The Kier molecular flexibility index (Phi) is 27.7. The molecule has 0 unspecified atom stereocenters. The fraction of sp³-hybridized carbons (Fsp3) is 0.630. The SMILES string of the molecule is C.C.C.C.C.C.C.C.C.CC(C)(C)OC(=O)NCCn1c2c(c3ccccc31)C(=O)NCC2. The van der Waals surface area contributed by atoms with Crippen LogP contribution >= 0.6 is 0 Å². The second-order valence-corrected chi connectivity index (χ2v) is 6.93. The molecule has 1 aliphatic heterocycles. The van der Waals surface area contributed by atoms with Gasteiger partial charge < -0.3 is 19.9 Å². The van der Waals surface area contributed by atoms with Crippen LogP contribution in [0.2, 0.25) is 0 Å². The summed E-state index contributed by atoms with van der Waals surface area (Å²) >= 11 is 0. The number of hydrogen-bond acceptors (Lipinski definition) is 3. The van der Waals surface area contributed by atoms with Crippen LogP contribution in [0.15, 0.2) is 24.3 Å². The minimum Gasteiger partial charge on any atom is -0.444 e. The van der Waals surface area contributed by atoms with Gasteiger partial charge in [-0.25, -0.2) is 4.79 Å². The summed E-state index contributed by atoms with van der Waals surface area (Å²) in [6, 6.07) is 7.88. The van der Waals surface area contributed by atoms with E-state index in [4.69, 9.17) is 4.74 Å². The summed E-state index contributed by atoms with van der Waals surface area (Å²) in [5, 5.41) is 6.64. The quantitative estimate of drug-likeness (QED) is 0.472. The molecule has 2 N–H and O–H groups in total. The van der Waals surface area contributed by atoms with E-state index >= 15 is 0 Å². The normalized spacial score (nSPS) is 10.3. The molecular weight excluding hydrogens is 414 g/mol. The van der Waals surface area contributed by atoms with Gasteiger partial charge in [0.2, 0.25) is 0 Å². The molecule has 0 spiro atoms. The highest BCUT2D eigenvalue weighted by Gasteiger charge is 2.25. The van der Waals surface area contributed by atoms with Crippen molar-refractivity contribution in [2.45, 2.75) is 106 Å². The van der Waals surface area contributed by atoms with E-state index in [0.29, 0.717) is 19.6 Å². The number of ether oxygens (including phenoxy) is 1. The Morgan fingerprint density at radius 3 is 2.09 bits per heavy atom. The van der Waals surface area contributed by atoms with E-state index < -0.39 is 11.7 Å². The minimum absolute atomic E-state index is 0. The van der Waals surface area contributed by atoms with Crippen molar-refractivity contribution in [3.63, 3.8) is 0 Å². The van der Waals surface area contributed by atoms with Crippen molar-refractivity contribution in [2.24, 2.45) is 0 Å². The maximum atomic E-state index is 12.2. The standard InChI is InChI=1S/C18H23N3O3.9CH4/c1-18(2,3)24-17(23)20-10-11-21-13-7-5-4-6-12(13)15-14(21)8-9-19-16(15)22;;;;;;;;;/h4-7H,8-11H2,1-3H3,(H,19,22)(H,20,23);9*1H4. The van der Waals surface area contributed by atoms with Crippen molar-refractivity contribution in [3.8, 4) is 0 Å². The molecular formula is C27H59N3O3. The molecule has 6 nitrogen and oxygen atoms in total. The molecule has 2 heterocycles. The molecule has 0 aliphatic carbocycles. The molecule has 33 heavy (non-hydrogen) atoms. The molecule has 1 aromatic carbocycles. The summed E-state index contributed by atoms with van der Waals surface area (Å²) in [7, 11) is 0. The van der Waals surface area contributed by atoms with Crippen LogP contribution < -0.4 is 10.6 Å². The first kappa shape index (κ1) is 48.1. The maximum Gasteiger partial charge on any atom is 0.407 e. The first-order valence-electron chi connectivity index (χ1n) is 8.22. The molecule has 0 atom stereocenters. The topological polar surface area (TPSA) is 72.4 Å². The van der Waals surface area contributed by atoms with E-state index in [1.807, 2.05) is 45.0 Å². The molecule has 0 radical (unpaired) electrons. The van der Waals surface area contributed by atoms with Crippen LogP contribution in [-0.2, 0) is 17.7 Å². The molecule has 200 valence electrons. The molecule has 0 saturated carbocycles. The lowest BCUT2D eigenvalue weighted by Crippen LogP contribution is -2.35. The zero-order valence-corrected chi connectivity index (χ0v) is 14.3. The van der Waals surface area contributed by atoms with Crippen molar-refractivity contribution in [2.75, 3.05) is 13.1 Å². The number of amides is 2. The third-order valence-electron chi connectivity index (χ3n) is 3.96. The maximum absolute atomic E-state index is 12.2. The second kappa shape index (κ2) is 19.0. The van der Waals surface area contributed by atoms with Crippen molar-refractivity contribution in [1.29, 1.82) is 0 Å². The lowest BCUT2D eigenvalue weighted by Gasteiger charge is -2.20. The first-order chi connectivity index (χ1) is 11.4. The van der Waals surface area contributed by atoms with E-state index in [1.54, 1.807) is 0 Å². The summed E-state index contributed by atoms with van der Waals surface area (Å²) in [5.74, 6) is -0.0219. The second-order valence-electron chi connectivity index (χ2n) is 6.93. The highest BCUT2D eigenvalue weighted by atomic mass is 16.6. The summed E-state index contributed by atoms with van der Waals surface area (Å²) in [6.45, 7) is 7.19. The average Bonchev–Trinajstić information content (AvgIpc) is 2.81. The molecule has 6 heteroatoms. The Bertz CT molecular complexity index is 790. The third kappa shape index (κ3) is 10.8. The molecule has 1 aromatic heterocycles. The van der Waals surface area contributed by atoms with Crippen molar-refractivity contribution in [3.05, 3.63) is 35.5 Å². The fourth-order valence-electron chi connectivity index (χ4n) is 3.09. The summed E-state index contributed by atoms with van der Waals surface area (Å²) < 4.78 is 7.38. The van der Waals surface area contributed by atoms with Crippen LogP contribution in [0.25, 0.3) is 10.9 Å². The number of nitrogens with zero attached hydrogens (tertiary/aromatic N) is 1. The van der Waals surface area contributed by atoms with Gasteiger partial charge in [-0.2, -0.15) is 0 Å². The molecule has 0 saturated heterocycles. The number of para-hydroxylation sites is 1. The summed E-state index contributed by atoms with van der Waals surface area (Å²) in [5.41, 5.74) is 2.30. The van der Waals surface area contributed by atoms with E-state index in [1.165, 1.54) is 0 Å². The number of alkyl carbamates (subject to hydrolysis) is 1. The van der Waals surface area contributed by atoms with E-state index in [2.05, 4.69) is 15.2 Å². The number of benzene rings is 1. The minimum atomic E-state index is -0.512. The Morgan fingerprint density at radius 2 is 1.55 bits per heavy atom. The van der Waals surface area contributed by atoms with Crippen LogP contribution in [-0.4, -0.2) is 35.3 Å². The number of carbonyl (C=O) groups excluding carboxylic acids is 2. The first-order valence-corrected chi connectivity index (χ1v) is 8.22. The zero-order chi connectivity index (χ0) is 17.3. The molecule has 2 amide bonds. The Balaban J connectivity index is -0.000000150. The van der Waals surface area contributed by atoms with Crippen LogP contribution in [0.4, 0.5) is 4.79 Å². The molecule has 2 aromatic rings. The smallest absolute Gasteiger partial charge is 0.407 e. The van der Waals surface area contributed by atoms with Gasteiger partial charge in [0.1, 0.15) is 5.60 Å². The lowest BCUT2D eigenvalue weighted by atomic mass is 10.1. The number of carbonyl (C=O) groups is 2. The van der Waals surface area contributed by atoms with Gasteiger partial charge in [0.25, 0.3) is 5.91 Å². The van der Waals surface area contributed by atoms with E-state index in [0.717, 1.165) is 28.6 Å². The van der Waals surface area contributed by atoms with Gasteiger partial charge in [-0.05, 0) is 26.8 Å².